The van der Waals surface area contributed by atoms with Gasteiger partial charge < -0.3 is 19.3 Å². The molecule has 31 heavy (non-hydrogen) atoms. The summed E-state index contributed by atoms with van der Waals surface area (Å²) in [7, 11) is 1.61. The van der Waals surface area contributed by atoms with Gasteiger partial charge in [0.15, 0.2) is 6.61 Å². The topological polar surface area (TPSA) is 86.5 Å². The van der Waals surface area contributed by atoms with Crippen LogP contribution in [-0.2, 0) is 4.79 Å². The highest BCUT2D eigenvalue weighted by Crippen LogP contribution is 2.26. The molecule has 4 rings (SSSR count). The molecular weight excluding hydrogens is 394 g/mol. The molecule has 1 heterocycles. The molecule has 0 aliphatic heterocycles. The number of aromatic nitrogens is 2. The number of nitrogens with zero attached hydrogens (tertiary/aromatic N) is 2. The lowest BCUT2D eigenvalue weighted by Gasteiger charge is -2.08. The summed E-state index contributed by atoms with van der Waals surface area (Å²) in [6, 6.07) is 22.1. The van der Waals surface area contributed by atoms with Gasteiger partial charge in [0.05, 0.1) is 7.11 Å². The fourth-order valence-corrected chi connectivity index (χ4v) is 2.99. The van der Waals surface area contributed by atoms with Crippen LogP contribution >= 0.6 is 0 Å². The number of carbonyl (C=O) groups excluding carboxylic acids is 1. The maximum absolute atomic E-state index is 12.2. The largest absolute Gasteiger partial charge is 0.497 e. The van der Waals surface area contributed by atoms with Crippen LogP contribution in [0.25, 0.3) is 22.8 Å². The third-order valence-corrected chi connectivity index (χ3v) is 4.53. The summed E-state index contributed by atoms with van der Waals surface area (Å²) in [5, 5.41) is 6.87. The van der Waals surface area contributed by atoms with Crippen molar-refractivity contribution in [1.82, 2.24) is 10.1 Å². The lowest BCUT2D eigenvalue weighted by molar-refractivity contribution is -0.118. The van der Waals surface area contributed by atoms with E-state index in [1.807, 2.05) is 67.6 Å². The second kappa shape index (κ2) is 9.13. The van der Waals surface area contributed by atoms with Crippen LogP contribution in [0.1, 0.15) is 5.56 Å². The first kappa shape index (κ1) is 20.2. The van der Waals surface area contributed by atoms with E-state index in [-0.39, 0.29) is 12.5 Å². The van der Waals surface area contributed by atoms with E-state index in [2.05, 4.69) is 15.5 Å². The van der Waals surface area contributed by atoms with Crippen molar-refractivity contribution in [2.75, 3.05) is 19.0 Å². The highest BCUT2D eigenvalue weighted by molar-refractivity contribution is 5.91. The number of hydrogen-bond donors (Lipinski definition) is 1. The van der Waals surface area contributed by atoms with Crippen LogP contribution in [0, 0.1) is 6.92 Å². The lowest BCUT2D eigenvalue weighted by atomic mass is 10.2. The summed E-state index contributed by atoms with van der Waals surface area (Å²) < 4.78 is 16.2. The molecule has 1 N–H and O–H groups in total. The number of rotatable bonds is 7. The third kappa shape index (κ3) is 5.08. The number of benzene rings is 3. The Morgan fingerprint density at radius 1 is 0.968 bits per heavy atom. The van der Waals surface area contributed by atoms with Crippen molar-refractivity contribution in [2.24, 2.45) is 0 Å². The van der Waals surface area contributed by atoms with Gasteiger partial charge in [0, 0.05) is 16.8 Å². The summed E-state index contributed by atoms with van der Waals surface area (Å²) >= 11 is 0. The Balaban J connectivity index is 1.41. The zero-order valence-corrected chi connectivity index (χ0v) is 17.2. The van der Waals surface area contributed by atoms with Gasteiger partial charge in [0.1, 0.15) is 11.5 Å². The Hall–Kier alpha value is -4.13. The van der Waals surface area contributed by atoms with Crippen LogP contribution in [0.3, 0.4) is 0 Å². The normalized spacial score (nSPS) is 10.5. The predicted octanol–water partition coefficient (Wildman–Crippen LogP) is 4.74. The highest BCUT2D eigenvalue weighted by atomic mass is 16.5. The lowest BCUT2D eigenvalue weighted by Crippen LogP contribution is -2.20. The van der Waals surface area contributed by atoms with E-state index in [4.69, 9.17) is 14.0 Å². The quantitative estimate of drug-likeness (QED) is 0.469. The van der Waals surface area contributed by atoms with Gasteiger partial charge in [0.25, 0.3) is 11.8 Å². The van der Waals surface area contributed by atoms with E-state index in [1.165, 1.54) is 0 Å². The average Bonchev–Trinajstić information content (AvgIpc) is 3.28. The summed E-state index contributed by atoms with van der Waals surface area (Å²) in [6.07, 6.45) is 0. The van der Waals surface area contributed by atoms with Gasteiger partial charge in [-0.2, -0.15) is 4.98 Å². The number of methoxy groups -OCH3 is 1. The van der Waals surface area contributed by atoms with E-state index in [9.17, 15) is 4.79 Å². The van der Waals surface area contributed by atoms with E-state index >= 15 is 0 Å². The minimum Gasteiger partial charge on any atom is -0.497 e. The average molecular weight is 415 g/mol. The van der Waals surface area contributed by atoms with Crippen LogP contribution in [-0.4, -0.2) is 29.8 Å². The molecule has 0 unspecified atom stereocenters. The van der Waals surface area contributed by atoms with Crippen LogP contribution in [0.4, 0.5) is 5.69 Å². The first-order chi connectivity index (χ1) is 15.1. The molecule has 0 saturated heterocycles. The smallest absolute Gasteiger partial charge is 0.262 e. The molecule has 0 saturated carbocycles. The van der Waals surface area contributed by atoms with Crippen molar-refractivity contribution in [3.8, 4) is 34.3 Å². The van der Waals surface area contributed by atoms with Crippen molar-refractivity contribution in [1.29, 1.82) is 0 Å². The Morgan fingerprint density at radius 3 is 2.55 bits per heavy atom. The molecule has 0 aliphatic rings. The van der Waals surface area contributed by atoms with Crippen molar-refractivity contribution in [3.05, 3.63) is 78.4 Å². The highest BCUT2D eigenvalue weighted by Gasteiger charge is 2.12. The van der Waals surface area contributed by atoms with E-state index in [0.717, 1.165) is 28.1 Å². The SMILES string of the molecule is COc1ccc(-c2nc(-c3cccc(OCC(=O)Nc4cccc(C)c4)c3)no2)cc1. The summed E-state index contributed by atoms with van der Waals surface area (Å²) in [6.45, 7) is 1.86. The molecule has 0 fully saturated rings. The number of carbonyl (C=O) groups is 1. The minimum absolute atomic E-state index is 0.110. The van der Waals surface area contributed by atoms with Crippen LogP contribution in [0.15, 0.2) is 77.3 Å². The standard InChI is InChI=1S/C24H21N3O4/c1-16-5-3-7-19(13-16)25-22(28)15-30-21-8-4-6-18(14-21)23-26-24(31-27-23)17-9-11-20(29-2)12-10-17/h3-14H,15H2,1-2H3,(H,25,28). The van der Waals surface area contributed by atoms with E-state index in [1.54, 1.807) is 19.2 Å². The van der Waals surface area contributed by atoms with E-state index in [0.29, 0.717) is 17.5 Å². The van der Waals surface area contributed by atoms with E-state index < -0.39 is 0 Å². The number of nitrogens with one attached hydrogen (secondary N) is 1. The Kier molecular flexibility index (Phi) is 5.93. The Bertz CT molecular complexity index is 1190. The molecular formula is C24H21N3O4. The zero-order valence-electron chi connectivity index (χ0n) is 17.2. The van der Waals surface area contributed by atoms with Gasteiger partial charge in [0.2, 0.25) is 5.82 Å². The first-order valence-corrected chi connectivity index (χ1v) is 9.68. The molecule has 1 aromatic heterocycles. The first-order valence-electron chi connectivity index (χ1n) is 9.68. The van der Waals surface area contributed by atoms with Crippen LogP contribution < -0.4 is 14.8 Å². The van der Waals surface area contributed by atoms with Crippen LogP contribution in [0.2, 0.25) is 0 Å². The van der Waals surface area contributed by atoms with Crippen LogP contribution in [0.5, 0.6) is 11.5 Å². The zero-order chi connectivity index (χ0) is 21.6. The Morgan fingerprint density at radius 2 is 1.77 bits per heavy atom. The molecule has 0 atom stereocenters. The molecule has 1 amide bonds. The number of aryl methyl sites for hydroxylation is 1. The fraction of sp³-hybridized carbons (Fsp3) is 0.125. The minimum atomic E-state index is -0.239. The Labute approximate surface area is 179 Å². The second-order valence-electron chi connectivity index (χ2n) is 6.89. The van der Waals surface area contributed by atoms with Gasteiger partial charge in [-0.25, -0.2) is 0 Å². The van der Waals surface area contributed by atoms with Crippen molar-refractivity contribution < 1.29 is 18.8 Å². The number of amides is 1. The molecule has 0 bridgehead atoms. The molecule has 3 aromatic carbocycles. The van der Waals surface area contributed by atoms with Crippen molar-refractivity contribution in [3.63, 3.8) is 0 Å². The molecule has 0 radical (unpaired) electrons. The summed E-state index contributed by atoms with van der Waals surface area (Å²) in [5.41, 5.74) is 3.32. The summed E-state index contributed by atoms with van der Waals surface area (Å²) in [4.78, 5) is 16.6. The molecule has 0 aliphatic carbocycles. The molecule has 4 aromatic rings. The second-order valence-corrected chi connectivity index (χ2v) is 6.89. The van der Waals surface area contributed by atoms with Crippen molar-refractivity contribution in [2.45, 2.75) is 6.92 Å². The summed E-state index contributed by atoms with van der Waals surface area (Å²) in [5.74, 6) is 1.88. The maximum atomic E-state index is 12.2. The van der Waals surface area contributed by atoms with Gasteiger partial charge >= 0.3 is 0 Å². The van der Waals surface area contributed by atoms with Gasteiger partial charge in [-0.3, -0.25) is 4.79 Å². The monoisotopic (exact) mass is 415 g/mol. The number of hydrogen-bond acceptors (Lipinski definition) is 6. The predicted molar refractivity (Wildman–Crippen MR) is 117 cm³/mol. The maximum Gasteiger partial charge on any atom is 0.262 e. The molecule has 156 valence electrons. The van der Waals surface area contributed by atoms with Crippen molar-refractivity contribution >= 4 is 11.6 Å². The molecule has 7 nitrogen and oxygen atoms in total. The number of ether oxygens (including phenoxy) is 2. The van der Waals surface area contributed by atoms with Gasteiger partial charge in [-0.05, 0) is 61.0 Å². The van der Waals surface area contributed by atoms with Gasteiger partial charge in [-0.15, -0.1) is 0 Å². The molecule has 0 spiro atoms. The molecule has 7 heteroatoms. The third-order valence-electron chi connectivity index (χ3n) is 4.53. The fourth-order valence-electron chi connectivity index (χ4n) is 2.99. The van der Waals surface area contributed by atoms with Gasteiger partial charge in [-0.1, -0.05) is 29.4 Å². The number of anilines is 1.